The van der Waals surface area contributed by atoms with Gasteiger partial charge in [-0.15, -0.1) is 0 Å². The number of aromatic nitrogens is 4. The molecule has 126 valence electrons. The zero-order chi connectivity index (χ0) is 16.2. The van der Waals surface area contributed by atoms with Crippen LogP contribution < -0.4 is 5.32 Å². The van der Waals surface area contributed by atoms with E-state index in [1.165, 1.54) is 37.7 Å². The minimum Gasteiger partial charge on any atom is -0.394 e. The summed E-state index contributed by atoms with van der Waals surface area (Å²) in [4.78, 5) is 0. The molecule has 6 heteroatoms. The predicted molar refractivity (Wildman–Crippen MR) is 90.5 cm³/mol. The van der Waals surface area contributed by atoms with Gasteiger partial charge in [0.15, 0.2) is 0 Å². The number of aliphatic hydroxyl groups excluding tert-OH is 1. The molecule has 0 spiro atoms. The van der Waals surface area contributed by atoms with Crippen molar-refractivity contribution in [2.75, 3.05) is 11.9 Å². The molecule has 2 heterocycles. The van der Waals surface area contributed by atoms with Crippen molar-refractivity contribution in [3.05, 3.63) is 29.2 Å². The molecule has 23 heavy (non-hydrogen) atoms. The second-order valence-electron chi connectivity index (χ2n) is 6.40. The van der Waals surface area contributed by atoms with Crippen LogP contribution in [0.15, 0.2) is 12.3 Å². The van der Waals surface area contributed by atoms with E-state index in [9.17, 15) is 0 Å². The third-order valence-corrected chi connectivity index (χ3v) is 4.88. The molecular formula is C17H27N5O. The minimum absolute atomic E-state index is 0.114. The van der Waals surface area contributed by atoms with Crippen molar-refractivity contribution in [1.82, 2.24) is 19.6 Å². The van der Waals surface area contributed by atoms with E-state index < -0.39 is 0 Å². The number of hydrogen-bond donors (Lipinski definition) is 2. The lowest BCUT2D eigenvalue weighted by Gasteiger charge is -2.24. The van der Waals surface area contributed by atoms with E-state index >= 15 is 0 Å². The van der Waals surface area contributed by atoms with Crippen LogP contribution in [-0.2, 0) is 13.1 Å². The fraction of sp³-hybridized carbons (Fsp3) is 0.647. The highest BCUT2D eigenvalue weighted by Gasteiger charge is 2.18. The normalized spacial score (nSPS) is 16.0. The first-order valence-electron chi connectivity index (χ1n) is 8.62. The van der Waals surface area contributed by atoms with Crippen LogP contribution in [-0.4, -0.2) is 31.3 Å². The van der Waals surface area contributed by atoms with Crippen molar-refractivity contribution < 1.29 is 5.11 Å². The third kappa shape index (κ3) is 3.42. The molecule has 1 aliphatic rings. The van der Waals surface area contributed by atoms with Gasteiger partial charge in [-0.05, 0) is 26.7 Å². The monoisotopic (exact) mass is 317 g/mol. The van der Waals surface area contributed by atoms with Gasteiger partial charge in [0.1, 0.15) is 5.82 Å². The predicted octanol–water partition coefficient (Wildman–Crippen LogP) is 2.81. The molecule has 1 aliphatic carbocycles. The van der Waals surface area contributed by atoms with Gasteiger partial charge in [0.05, 0.1) is 31.1 Å². The summed E-state index contributed by atoms with van der Waals surface area (Å²) >= 11 is 0. The molecule has 0 atom stereocenters. The molecule has 6 nitrogen and oxygen atoms in total. The lowest BCUT2D eigenvalue weighted by atomic mass is 9.96. The molecular weight excluding hydrogens is 290 g/mol. The maximum Gasteiger partial charge on any atom is 0.124 e. The highest BCUT2D eigenvalue weighted by Crippen LogP contribution is 2.30. The summed E-state index contributed by atoms with van der Waals surface area (Å²) in [5.41, 5.74) is 3.34. The highest BCUT2D eigenvalue weighted by molar-refractivity contribution is 5.37. The van der Waals surface area contributed by atoms with E-state index in [-0.39, 0.29) is 6.61 Å². The summed E-state index contributed by atoms with van der Waals surface area (Å²) in [7, 11) is 0. The summed E-state index contributed by atoms with van der Waals surface area (Å²) in [6.45, 7) is 5.49. The molecule has 2 aromatic rings. The van der Waals surface area contributed by atoms with Crippen LogP contribution in [0.1, 0.15) is 55.1 Å². The third-order valence-electron chi connectivity index (χ3n) is 4.88. The average Bonchev–Trinajstić information content (AvgIpc) is 3.13. The van der Waals surface area contributed by atoms with Crippen molar-refractivity contribution in [2.24, 2.45) is 0 Å². The van der Waals surface area contributed by atoms with Crippen LogP contribution in [0.25, 0.3) is 0 Å². The second-order valence-corrected chi connectivity index (χ2v) is 6.40. The van der Waals surface area contributed by atoms with Crippen LogP contribution in [0, 0.1) is 13.8 Å². The Morgan fingerprint density at radius 2 is 2.04 bits per heavy atom. The van der Waals surface area contributed by atoms with Gasteiger partial charge in [-0.3, -0.25) is 4.68 Å². The average molecular weight is 317 g/mol. The van der Waals surface area contributed by atoms with Crippen LogP contribution in [0.5, 0.6) is 0 Å². The van der Waals surface area contributed by atoms with Crippen LogP contribution in [0.2, 0.25) is 0 Å². The van der Waals surface area contributed by atoms with Gasteiger partial charge in [0, 0.05) is 23.9 Å². The Hall–Kier alpha value is -1.82. The number of rotatable bonds is 6. The van der Waals surface area contributed by atoms with E-state index in [4.69, 9.17) is 5.11 Å². The van der Waals surface area contributed by atoms with E-state index in [2.05, 4.69) is 33.2 Å². The van der Waals surface area contributed by atoms with E-state index in [0.29, 0.717) is 12.6 Å². The number of aryl methyl sites for hydroxylation is 1. The van der Waals surface area contributed by atoms with Crippen molar-refractivity contribution in [3.63, 3.8) is 0 Å². The Kier molecular flexibility index (Phi) is 5.00. The van der Waals surface area contributed by atoms with E-state index in [0.717, 1.165) is 23.8 Å². The number of nitrogens with one attached hydrogen (secondary N) is 1. The molecule has 0 aromatic carbocycles. The highest BCUT2D eigenvalue weighted by atomic mass is 16.3. The van der Waals surface area contributed by atoms with Crippen LogP contribution >= 0.6 is 0 Å². The fourth-order valence-corrected chi connectivity index (χ4v) is 3.55. The van der Waals surface area contributed by atoms with Crippen molar-refractivity contribution in [1.29, 1.82) is 0 Å². The van der Waals surface area contributed by atoms with Gasteiger partial charge in [0.2, 0.25) is 0 Å². The first-order chi connectivity index (χ1) is 11.2. The molecule has 1 saturated carbocycles. The Morgan fingerprint density at radius 3 is 2.78 bits per heavy atom. The first kappa shape index (κ1) is 16.1. The Balaban J connectivity index is 1.71. The molecule has 0 radical (unpaired) electrons. The van der Waals surface area contributed by atoms with Gasteiger partial charge in [0.25, 0.3) is 0 Å². The first-order valence-corrected chi connectivity index (χ1v) is 8.62. The molecule has 3 rings (SSSR count). The number of hydrogen-bond acceptors (Lipinski definition) is 4. The Morgan fingerprint density at radius 1 is 1.26 bits per heavy atom. The maximum atomic E-state index is 9.12. The van der Waals surface area contributed by atoms with Crippen molar-refractivity contribution in [2.45, 2.75) is 65.1 Å². The van der Waals surface area contributed by atoms with E-state index in [1.807, 2.05) is 17.8 Å². The van der Waals surface area contributed by atoms with Gasteiger partial charge in [-0.2, -0.15) is 10.2 Å². The van der Waals surface area contributed by atoms with Crippen LogP contribution in [0.3, 0.4) is 0 Å². The number of nitrogens with zero attached hydrogens (tertiary/aromatic N) is 4. The van der Waals surface area contributed by atoms with Gasteiger partial charge >= 0.3 is 0 Å². The largest absolute Gasteiger partial charge is 0.394 e. The Labute approximate surface area is 137 Å². The minimum atomic E-state index is 0.114. The van der Waals surface area contributed by atoms with Gasteiger partial charge in [-0.25, -0.2) is 4.68 Å². The summed E-state index contributed by atoms with van der Waals surface area (Å²) in [6.07, 6.45) is 8.28. The molecule has 1 fully saturated rings. The molecule has 0 unspecified atom stereocenters. The van der Waals surface area contributed by atoms with Crippen molar-refractivity contribution >= 4 is 5.82 Å². The molecule has 2 aromatic heterocycles. The van der Waals surface area contributed by atoms with Gasteiger partial charge in [-0.1, -0.05) is 19.3 Å². The molecule has 2 N–H and O–H groups in total. The summed E-state index contributed by atoms with van der Waals surface area (Å²) in [5.74, 6) is 1.09. The number of anilines is 1. The van der Waals surface area contributed by atoms with Gasteiger partial charge < -0.3 is 10.4 Å². The summed E-state index contributed by atoms with van der Waals surface area (Å²) in [6, 6.07) is 2.58. The van der Waals surface area contributed by atoms with E-state index in [1.54, 1.807) is 0 Å². The quantitative estimate of drug-likeness (QED) is 0.859. The Bertz CT molecular complexity index is 639. The summed E-state index contributed by atoms with van der Waals surface area (Å²) in [5, 5.41) is 21.7. The standard InChI is InChI=1S/C17H27N5O/c1-13-16(14(2)21(20-13)10-11-23)12-18-17-8-9-19-22(17)15-6-4-3-5-7-15/h8-9,15,18,23H,3-7,10-12H2,1-2H3. The zero-order valence-corrected chi connectivity index (χ0v) is 14.1. The summed E-state index contributed by atoms with van der Waals surface area (Å²) < 4.78 is 4.03. The SMILES string of the molecule is Cc1nn(CCO)c(C)c1CNc1ccnn1C1CCCCC1. The molecule has 0 aliphatic heterocycles. The van der Waals surface area contributed by atoms with Crippen LogP contribution in [0.4, 0.5) is 5.82 Å². The molecule has 0 amide bonds. The second kappa shape index (κ2) is 7.17. The lowest BCUT2D eigenvalue weighted by Crippen LogP contribution is -2.17. The molecule has 0 saturated heterocycles. The zero-order valence-electron chi connectivity index (χ0n) is 14.1. The fourth-order valence-electron chi connectivity index (χ4n) is 3.55. The number of aliphatic hydroxyl groups is 1. The maximum absolute atomic E-state index is 9.12. The lowest BCUT2D eigenvalue weighted by molar-refractivity contribution is 0.268. The van der Waals surface area contributed by atoms with Crippen molar-refractivity contribution in [3.8, 4) is 0 Å². The smallest absolute Gasteiger partial charge is 0.124 e. The molecule has 0 bridgehead atoms. The topological polar surface area (TPSA) is 67.9 Å².